The molecule has 0 N–H and O–H groups in total. The molecule has 7 nitrogen and oxygen atoms in total. The first-order chi connectivity index (χ1) is 16.3. The molecule has 0 aliphatic carbocycles. The molecule has 1 aromatic carbocycles. The van der Waals surface area contributed by atoms with Crippen LogP contribution in [0, 0.1) is 25.5 Å². The molecule has 2 atom stereocenters. The van der Waals surface area contributed by atoms with Gasteiger partial charge in [0, 0.05) is 43.5 Å². The van der Waals surface area contributed by atoms with Crippen molar-refractivity contribution in [3.63, 3.8) is 0 Å². The summed E-state index contributed by atoms with van der Waals surface area (Å²) < 4.78 is 35.9. The zero-order chi connectivity index (χ0) is 24.0. The highest BCUT2D eigenvalue weighted by molar-refractivity contribution is 5.87. The lowest BCUT2D eigenvalue weighted by atomic mass is 9.91. The van der Waals surface area contributed by atoms with Crippen LogP contribution in [-0.4, -0.2) is 31.1 Å². The van der Waals surface area contributed by atoms with Crippen LogP contribution in [0.3, 0.4) is 0 Å². The van der Waals surface area contributed by atoms with E-state index < -0.39 is 11.6 Å². The van der Waals surface area contributed by atoms with E-state index in [0.717, 1.165) is 17.3 Å². The van der Waals surface area contributed by atoms with E-state index in [1.54, 1.807) is 19.3 Å². The van der Waals surface area contributed by atoms with Gasteiger partial charge in [-0.2, -0.15) is 0 Å². The lowest BCUT2D eigenvalue weighted by Gasteiger charge is -2.29. The highest BCUT2D eigenvalue weighted by Crippen LogP contribution is 2.37. The van der Waals surface area contributed by atoms with Crippen molar-refractivity contribution >= 4 is 11.2 Å². The van der Waals surface area contributed by atoms with Crippen LogP contribution < -0.4 is 5.56 Å². The Balaban J connectivity index is 1.61. The Hall–Kier alpha value is -3.59. The minimum absolute atomic E-state index is 0.0777. The highest BCUT2D eigenvalue weighted by atomic mass is 19.1. The molecule has 0 bridgehead atoms. The van der Waals surface area contributed by atoms with Crippen molar-refractivity contribution in [3.8, 4) is 11.3 Å². The van der Waals surface area contributed by atoms with Crippen LogP contribution in [0.25, 0.3) is 22.4 Å². The lowest BCUT2D eigenvalue weighted by molar-refractivity contribution is 0.00364. The van der Waals surface area contributed by atoms with Gasteiger partial charge in [0.25, 0.3) is 0 Å². The van der Waals surface area contributed by atoms with E-state index in [1.807, 2.05) is 13.8 Å². The van der Waals surface area contributed by atoms with Crippen LogP contribution >= 0.6 is 0 Å². The Morgan fingerprint density at radius 2 is 1.82 bits per heavy atom. The molecule has 0 spiro atoms. The molecule has 5 rings (SSSR count). The molecule has 0 amide bonds. The minimum atomic E-state index is -0.721. The quantitative estimate of drug-likeness (QED) is 0.450. The van der Waals surface area contributed by atoms with Gasteiger partial charge < -0.3 is 9.30 Å². The summed E-state index contributed by atoms with van der Waals surface area (Å²) in [6.45, 7) is 4.14. The van der Waals surface area contributed by atoms with Gasteiger partial charge >= 0.3 is 0 Å². The largest absolute Gasteiger partial charge is 0.373 e. The van der Waals surface area contributed by atoms with Gasteiger partial charge in [0.2, 0.25) is 5.56 Å². The summed E-state index contributed by atoms with van der Waals surface area (Å²) in [6, 6.07) is 6.69. The Morgan fingerprint density at radius 1 is 1.03 bits per heavy atom. The van der Waals surface area contributed by atoms with E-state index in [9.17, 15) is 13.6 Å². The normalized spacial score (nSPS) is 18.4. The van der Waals surface area contributed by atoms with E-state index in [2.05, 4.69) is 9.97 Å². The van der Waals surface area contributed by atoms with Crippen molar-refractivity contribution in [2.75, 3.05) is 6.61 Å². The summed E-state index contributed by atoms with van der Waals surface area (Å²) >= 11 is 0. The van der Waals surface area contributed by atoms with Gasteiger partial charge in [0.05, 0.1) is 17.5 Å². The molecular weight excluding hydrogens is 440 g/mol. The zero-order valence-electron chi connectivity index (χ0n) is 19.0. The van der Waals surface area contributed by atoms with Crippen LogP contribution in [0.1, 0.15) is 47.6 Å². The summed E-state index contributed by atoms with van der Waals surface area (Å²) in [7, 11) is 1.70. The SMILES string of the molecule is Cc1nc2nc([C@@H]3CCO[C@H](c4ccc(=O)n(C)c4)C3)nc(-c3ccc(F)cc3F)c2nc1C. The Bertz CT molecular complexity index is 1470. The third-order valence-electron chi connectivity index (χ3n) is 6.28. The average Bonchev–Trinajstić information content (AvgIpc) is 2.81. The fourth-order valence-electron chi connectivity index (χ4n) is 4.25. The molecule has 0 radical (unpaired) electrons. The highest BCUT2D eigenvalue weighted by Gasteiger charge is 2.29. The third kappa shape index (κ3) is 4.07. The minimum Gasteiger partial charge on any atom is -0.373 e. The summed E-state index contributed by atoms with van der Waals surface area (Å²) in [6.07, 6.45) is 2.81. The maximum Gasteiger partial charge on any atom is 0.250 e. The first-order valence-corrected chi connectivity index (χ1v) is 11.1. The van der Waals surface area contributed by atoms with Gasteiger partial charge in [0.1, 0.15) is 28.7 Å². The second-order valence-electron chi connectivity index (χ2n) is 8.61. The number of ether oxygens (including phenoxy) is 1. The smallest absolute Gasteiger partial charge is 0.250 e. The summed E-state index contributed by atoms with van der Waals surface area (Å²) in [5, 5.41) is 0. The Morgan fingerprint density at radius 3 is 2.59 bits per heavy atom. The average molecular weight is 463 g/mol. The molecule has 3 aromatic heterocycles. The first-order valence-electron chi connectivity index (χ1n) is 11.1. The summed E-state index contributed by atoms with van der Waals surface area (Å²) in [5.41, 5.74) is 3.39. The van der Waals surface area contributed by atoms with Gasteiger partial charge in [-0.3, -0.25) is 4.79 Å². The lowest BCUT2D eigenvalue weighted by Crippen LogP contribution is -2.23. The second kappa shape index (κ2) is 8.64. The Kier molecular flexibility index (Phi) is 5.65. The van der Waals surface area contributed by atoms with Gasteiger partial charge in [-0.15, -0.1) is 0 Å². The van der Waals surface area contributed by atoms with E-state index >= 15 is 0 Å². The second-order valence-corrected chi connectivity index (χ2v) is 8.61. The number of halogens is 2. The number of nitrogens with zero attached hydrogens (tertiary/aromatic N) is 5. The van der Waals surface area contributed by atoms with Gasteiger partial charge in [-0.05, 0) is 50.5 Å². The van der Waals surface area contributed by atoms with Crippen molar-refractivity contribution in [3.05, 3.63) is 81.3 Å². The molecule has 9 heteroatoms. The van der Waals surface area contributed by atoms with Gasteiger partial charge in [0.15, 0.2) is 5.65 Å². The summed E-state index contributed by atoms with van der Waals surface area (Å²) in [4.78, 5) is 30.4. The van der Waals surface area contributed by atoms with E-state index in [0.29, 0.717) is 47.8 Å². The molecule has 1 fully saturated rings. The fraction of sp³-hybridized carbons (Fsp3) is 0.320. The number of pyridine rings is 1. The monoisotopic (exact) mass is 463 g/mol. The maximum absolute atomic E-state index is 14.8. The van der Waals surface area contributed by atoms with Crippen LogP contribution in [0.5, 0.6) is 0 Å². The van der Waals surface area contributed by atoms with Crippen molar-refractivity contribution in [2.24, 2.45) is 7.05 Å². The number of hydrogen-bond donors (Lipinski definition) is 0. The van der Waals surface area contributed by atoms with E-state index in [4.69, 9.17) is 14.7 Å². The molecule has 34 heavy (non-hydrogen) atoms. The van der Waals surface area contributed by atoms with Crippen molar-refractivity contribution in [1.29, 1.82) is 0 Å². The van der Waals surface area contributed by atoms with E-state index in [1.165, 1.54) is 22.8 Å². The molecule has 1 aliphatic rings. The van der Waals surface area contributed by atoms with Gasteiger partial charge in [-0.25, -0.2) is 28.7 Å². The predicted octanol–water partition coefficient (Wildman–Crippen LogP) is 4.32. The molecule has 4 heterocycles. The van der Waals surface area contributed by atoms with Crippen molar-refractivity contribution in [2.45, 2.75) is 38.7 Å². The van der Waals surface area contributed by atoms with Crippen LogP contribution in [0.15, 0.2) is 41.3 Å². The fourth-order valence-corrected chi connectivity index (χ4v) is 4.25. The van der Waals surface area contributed by atoms with Gasteiger partial charge in [-0.1, -0.05) is 0 Å². The standard InChI is InChI=1S/C25H23F2N5O2/c1-13-14(2)29-25-23(28-13)22(18-6-5-17(26)11-19(18)27)30-24(31-25)15-8-9-34-20(10-15)16-4-7-21(33)32(3)12-16/h4-7,11-12,15,20H,8-10H2,1-3H3/t15-,20+/m1/s1. The van der Waals surface area contributed by atoms with Crippen molar-refractivity contribution in [1.82, 2.24) is 24.5 Å². The molecule has 0 unspecified atom stereocenters. The molecule has 1 saturated heterocycles. The van der Waals surface area contributed by atoms with Crippen LogP contribution in [0.2, 0.25) is 0 Å². The molecule has 174 valence electrons. The maximum atomic E-state index is 14.8. The number of fused-ring (bicyclic) bond motifs is 1. The molecule has 1 aliphatic heterocycles. The topological polar surface area (TPSA) is 82.8 Å². The summed E-state index contributed by atoms with van der Waals surface area (Å²) in [5.74, 6) is -0.948. The van der Waals surface area contributed by atoms with E-state index in [-0.39, 0.29) is 23.1 Å². The zero-order valence-corrected chi connectivity index (χ0v) is 19.0. The van der Waals surface area contributed by atoms with Crippen LogP contribution in [-0.2, 0) is 11.8 Å². The Labute approximate surface area is 194 Å². The molecule has 4 aromatic rings. The third-order valence-corrected chi connectivity index (χ3v) is 6.28. The number of aromatic nitrogens is 5. The number of benzene rings is 1. The number of hydrogen-bond acceptors (Lipinski definition) is 6. The molecular formula is C25H23F2N5O2. The first kappa shape index (κ1) is 22.2. The molecule has 0 saturated carbocycles. The van der Waals surface area contributed by atoms with Crippen LogP contribution in [0.4, 0.5) is 8.78 Å². The predicted molar refractivity (Wildman–Crippen MR) is 122 cm³/mol. The van der Waals surface area contributed by atoms with Crippen molar-refractivity contribution < 1.29 is 13.5 Å². The number of rotatable bonds is 3. The number of aryl methyl sites for hydroxylation is 3.